The Labute approximate surface area is 101 Å². The Kier molecular flexibility index (Phi) is 1.57. The van der Waals surface area contributed by atoms with Crippen molar-refractivity contribution in [3.05, 3.63) is 11.1 Å². The second-order valence-corrected chi connectivity index (χ2v) is 7.85. The highest BCUT2D eigenvalue weighted by Gasteiger charge is 2.77. The summed E-state index contributed by atoms with van der Waals surface area (Å²) in [6.07, 6.45) is 2.85. The van der Waals surface area contributed by atoms with Crippen molar-refractivity contribution in [3.63, 3.8) is 0 Å². The van der Waals surface area contributed by atoms with Crippen LogP contribution in [0.4, 0.5) is 0 Å². The minimum Gasteiger partial charge on any atom is -0.0673 e. The number of hydrogen-bond donors (Lipinski definition) is 0. The van der Waals surface area contributed by atoms with Crippen LogP contribution >= 0.6 is 0 Å². The molecule has 2 fully saturated rings. The van der Waals surface area contributed by atoms with Gasteiger partial charge in [0.25, 0.3) is 0 Å². The Bertz CT molecular complexity index is 418. The molecule has 3 aliphatic rings. The summed E-state index contributed by atoms with van der Waals surface area (Å²) in [5.74, 6) is 0.843. The van der Waals surface area contributed by atoms with Crippen LogP contribution in [0.15, 0.2) is 11.1 Å². The molecule has 3 aliphatic carbocycles. The van der Waals surface area contributed by atoms with Crippen molar-refractivity contribution < 1.29 is 0 Å². The van der Waals surface area contributed by atoms with E-state index in [4.69, 9.17) is 0 Å². The predicted octanol–water partition coefficient (Wildman–Crippen LogP) is 4.81. The maximum absolute atomic E-state index is 2.57. The summed E-state index contributed by atoms with van der Waals surface area (Å²) in [5, 5.41) is 0. The van der Waals surface area contributed by atoms with E-state index >= 15 is 0 Å². The lowest BCUT2D eigenvalue weighted by Gasteiger charge is -2.52. The molecule has 3 rings (SSSR count). The fraction of sp³-hybridized carbons (Fsp3) is 0.875. The molecule has 2 saturated carbocycles. The van der Waals surface area contributed by atoms with Crippen LogP contribution in [0.1, 0.15) is 61.3 Å². The third-order valence-corrected chi connectivity index (χ3v) is 7.96. The van der Waals surface area contributed by atoms with Crippen molar-refractivity contribution in [1.29, 1.82) is 0 Å². The smallest absolute Gasteiger partial charge is 0.00233 e. The fourth-order valence-corrected chi connectivity index (χ4v) is 6.39. The van der Waals surface area contributed by atoms with Gasteiger partial charge >= 0.3 is 0 Å². The molecule has 0 radical (unpaired) electrons. The second kappa shape index (κ2) is 2.31. The molecular weight excluding hydrogens is 192 g/mol. The van der Waals surface area contributed by atoms with E-state index in [1.807, 2.05) is 0 Å². The Morgan fingerprint density at radius 1 is 0.938 bits per heavy atom. The molecule has 0 saturated heterocycles. The Hall–Kier alpha value is -0.260. The molecule has 0 N–H and O–H groups in total. The molecule has 0 aliphatic heterocycles. The van der Waals surface area contributed by atoms with Crippen molar-refractivity contribution in [1.82, 2.24) is 0 Å². The molecule has 0 amide bonds. The van der Waals surface area contributed by atoms with Gasteiger partial charge in [0.2, 0.25) is 0 Å². The minimum absolute atomic E-state index is 0.457. The van der Waals surface area contributed by atoms with Crippen LogP contribution in [0, 0.1) is 27.6 Å². The normalized spacial score (nSPS) is 63.6. The van der Waals surface area contributed by atoms with Crippen molar-refractivity contribution >= 4 is 0 Å². The molecule has 5 atom stereocenters. The van der Waals surface area contributed by atoms with Gasteiger partial charge in [0.05, 0.1) is 0 Å². The first-order valence-electron chi connectivity index (χ1n) is 6.82. The first kappa shape index (κ1) is 10.9. The summed E-state index contributed by atoms with van der Waals surface area (Å²) in [7, 11) is 0. The van der Waals surface area contributed by atoms with Crippen molar-refractivity contribution in [3.8, 4) is 0 Å². The van der Waals surface area contributed by atoms with Crippen molar-refractivity contribution in [2.75, 3.05) is 0 Å². The predicted molar refractivity (Wildman–Crippen MR) is 69.2 cm³/mol. The van der Waals surface area contributed by atoms with E-state index in [0.29, 0.717) is 21.7 Å². The van der Waals surface area contributed by atoms with Gasteiger partial charge in [-0.3, -0.25) is 0 Å². The summed E-state index contributed by atoms with van der Waals surface area (Å²) in [6, 6.07) is 0. The number of allylic oxidation sites excluding steroid dienone is 2. The lowest BCUT2D eigenvalue weighted by Crippen LogP contribution is -2.46. The lowest BCUT2D eigenvalue weighted by molar-refractivity contribution is -0.00881. The van der Waals surface area contributed by atoms with Crippen LogP contribution < -0.4 is 0 Å². The van der Waals surface area contributed by atoms with Gasteiger partial charge in [-0.05, 0) is 54.3 Å². The van der Waals surface area contributed by atoms with Gasteiger partial charge in [0.1, 0.15) is 0 Å². The maximum Gasteiger partial charge on any atom is -0.00233 e. The molecule has 0 spiro atoms. The largest absolute Gasteiger partial charge is 0.0673 e. The third kappa shape index (κ3) is 0.669. The van der Waals surface area contributed by atoms with E-state index in [0.717, 1.165) is 5.92 Å². The van der Waals surface area contributed by atoms with E-state index in [-0.39, 0.29) is 0 Å². The summed E-state index contributed by atoms with van der Waals surface area (Å²) in [5.41, 5.74) is 5.46. The number of rotatable bonds is 0. The highest BCUT2D eigenvalue weighted by atomic mass is 14.8. The average Bonchev–Trinajstić information content (AvgIpc) is 2.54. The topological polar surface area (TPSA) is 0 Å². The molecule has 0 nitrogen and oxygen atoms in total. The fourth-order valence-electron chi connectivity index (χ4n) is 6.39. The van der Waals surface area contributed by atoms with Gasteiger partial charge in [-0.2, -0.15) is 0 Å². The van der Waals surface area contributed by atoms with E-state index in [1.54, 1.807) is 11.1 Å². The zero-order chi connectivity index (χ0) is 12.1. The SMILES string of the molecule is CC1=C(C)[C@]2(C)[C@H](C)[C@@]3(C)C[C@]2(C)[C@]1(C)C3. The second-order valence-electron chi connectivity index (χ2n) is 7.85. The Balaban J connectivity index is 2.34. The highest BCUT2D eigenvalue weighted by molar-refractivity contribution is 5.45. The maximum atomic E-state index is 2.57. The summed E-state index contributed by atoms with van der Waals surface area (Å²) < 4.78 is 0. The average molecular weight is 218 g/mol. The van der Waals surface area contributed by atoms with Gasteiger partial charge in [-0.1, -0.05) is 45.8 Å². The molecule has 90 valence electrons. The number of fused-ring (bicyclic) bond motifs is 1. The zero-order valence-electron chi connectivity index (χ0n) is 12.0. The highest BCUT2D eigenvalue weighted by Crippen LogP contribution is 2.85. The van der Waals surface area contributed by atoms with Gasteiger partial charge in [0.15, 0.2) is 0 Å². The quantitative estimate of drug-likeness (QED) is 0.512. The van der Waals surface area contributed by atoms with Gasteiger partial charge in [-0.25, -0.2) is 0 Å². The molecule has 16 heavy (non-hydrogen) atoms. The van der Waals surface area contributed by atoms with Crippen LogP contribution in [-0.2, 0) is 0 Å². The molecule has 0 aromatic heterocycles. The van der Waals surface area contributed by atoms with E-state index < -0.39 is 0 Å². The van der Waals surface area contributed by atoms with Gasteiger partial charge in [0, 0.05) is 0 Å². The van der Waals surface area contributed by atoms with Crippen LogP contribution in [-0.4, -0.2) is 0 Å². The summed E-state index contributed by atoms with van der Waals surface area (Å²) >= 11 is 0. The van der Waals surface area contributed by atoms with Gasteiger partial charge in [-0.15, -0.1) is 0 Å². The molecule has 0 aromatic rings. The third-order valence-electron chi connectivity index (χ3n) is 7.96. The standard InChI is InChI=1S/C16H26/c1-10-11(2)16(7)12(3)13(4)8-14(10,5)15(16,6)9-13/h12H,8-9H2,1-7H3/t12-,13-,14-,15-,16-/m1/s1. The molecule has 0 unspecified atom stereocenters. The Morgan fingerprint density at radius 3 is 1.94 bits per heavy atom. The van der Waals surface area contributed by atoms with Crippen LogP contribution in [0.3, 0.4) is 0 Å². The first-order valence-corrected chi connectivity index (χ1v) is 6.82. The summed E-state index contributed by atoms with van der Waals surface area (Å²) in [4.78, 5) is 0. The minimum atomic E-state index is 0.457. The molecule has 0 heterocycles. The van der Waals surface area contributed by atoms with E-state index in [9.17, 15) is 0 Å². The summed E-state index contributed by atoms with van der Waals surface area (Å²) in [6.45, 7) is 17.5. The van der Waals surface area contributed by atoms with Crippen LogP contribution in [0.5, 0.6) is 0 Å². The van der Waals surface area contributed by atoms with Crippen molar-refractivity contribution in [2.45, 2.75) is 61.3 Å². The Morgan fingerprint density at radius 2 is 1.50 bits per heavy atom. The van der Waals surface area contributed by atoms with Crippen LogP contribution in [0.2, 0.25) is 0 Å². The molecule has 0 aromatic carbocycles. The van der Waals surface area contributed by atoms with E-state index in [2.05, 4.69) is 48.5 Å². The first-order chi connectivity index (χ1) is 7.13. The monoisotopic (exact) mass is 218 g/mol. The lowest BCUT2D eigenvalue weighted by atomic mass is 9.52. The molecular formula is C16H26. The number of hydrogen-bond acceptors (Lipinski definition) is 0. The zero-order valence-corrected chi connectivity index (χ0v) is 12.0. The van der Waals surface area contributed by atoms with Crippen molar-refractivity contribution in [2.24, 2.45) is 27.6 Å². The molecule has 0 heteroatoms. The van der Waals surface area contributed by atoms with E-state index in [1.165, 1.54) is 12.8 Å². The van der Waals surface area contributed by atoms with Gasteiger partial charge < -0.3 is 0 Å². The van der Waals surface area contributed by atoms with Crippen LogP contribution in [0.25, 0.3) is 0 Å². The molecule has 2 bridgehead atoms.